The van der Waals surface area contributed by atoms with Gasteiger partial charge in [-0.15, -0.1) is 0 Å². The molecule has 0 unspecified atom stereocenters. The molecule has 2 aliphatic carbocycles. The first kappa shape index (κ1) is 18.8. The zero-order valence-electron chi connectivity index (χ0n) is 16.5. The van der Waals surface area contributed by atoms with E-state index in [4.69, 9.17) is 4.74 Å². The van der Waals surface area contributed by atoms with Gasteiger partial charge in [0.1, 0.15) is 5.75 Å². The smallest absolute Gasteiger partial charge is 0.119 e. The zero-order chi connectivity index (χ0) is 17.5. The van der Waals surface area contributed by atoms with E-state index in [1.54, 1.807) is 0 Å². The summed E-state index contributed by atoms with van der Waals surface area (Å²) in [7, 11) is 0. The lowest BCUT2D eigenvalue weighted by Gasteiger charge is -2.28. The predicted octanol–water partition coefficient (Wildman–Crippen LogP) is 7.36. The molecule has 0 heterocycles. The second-order valence-electron chi connectivity index (χ2n) is 8.81. The van der Waals surface area contributed by atoms with Crippen molar-refractivity contribution in [3.05, 3.63) is 29.8 Å². The van der Waals surface area contributed by atoms with Crippen LogP contribution in [-0.4, -0.2) is 6.61 Å². The summed E-state index contributed by atoms with van der Waals surface area (Å²) in [6.07, 6.45) is 15.3. The summed E-state index contributed by atoms with van der Waals surface area (Å²) < 4.78 is 5.99. The normalized spacial score (nSPS) is 30.2. The molecule has 0 amide bonds. The van der Waals surface area contributed by atoms with Gasteiger partial charge in [0.25, 0.3) is 0 Å². The fraction of sp³-hybridized carbons (Fsp3) is 0.750. The molecule has 1 heteroatoms. The maximum Gasteiger partial charge on any atom is 0.119 e. The average molecular weight is 343 g/mol. The maximum atomic E-state index is 5.99. The first-order valence-corrected chi connectivity index (χ1v) is 11.0. The van der Waals surface area contributed by atoms with Gasteiger partial charge >= 0.3 is 0 Å². The topological polar surface area (TPSA) is 9.23 Å². The lowest BCUT2D eigenvalue weighted by atomic mass is 9.78. The van der Waals surface area contributed by atoms with E-state index in [1.165, 1.54) is 76.2 Å². The van der Waals surface area contributed by atoms with Crippen molar-refractivity contribution in [1.29, 1.82) is 0 Å². The fourth-order valence-corrected chi connectivity index (χ4v) is 4.92. The minimum absolute atomic E-state index is 0.783. The molecule has 0 N–H and O–H groups in total. The Hall–Kier alpha value is -0.980. The summed E-state index contributed by atoms with van der Waals surface area (Å²) in [5.74, 6) is 4.74. The van der Waals surface area contributed by atoms with Crippen LogP contribution in [0.25, 0.3) is 0 Å². The SMILES string of the molecule is CC[C@H]1CC[C@H](c2ccc(OCCC[C@H]3CC[C@H](C)CC3)cc2)CC1. The van der Waals surface area contributed by atoms with E-state index in [9.17, 15) is 0 Å². The van der Waals surface area contributed by atoms with Crippen LogP contribution in [0.5, 0.6) is 5.75 Å². The van der Waals surface area contributed by atoms with E-state index in [-0.39, 0.29) is 0 Å². The molecule has 0 saturated heterocycles. The van der Waals surface area contributed by atoms with Crippen LogP contribution in [0.15, 0.2) is 24.3 Å². The Bertz CT molecular complexity index is 475. The Morgan fingerprint density at radius 1 is 0.840 bits per heavy atom. The molecule has 1 aromatic carbocycles. The molecule has 0 aromatic heterocycles. The van der Waals surface area contributed by atoms with Crippen LogP contribution < -0.4 is 4.74 Å². The Morgan fingerprint density at radius 2 is 1.48 bits per heavy atom. The second kappa shape index (κ2) is 9.64. The minimum atomic E-state index is 0.783. The highest BCUT2D eigenvalue weighted by molar-refractivity contribution is 5.29. The van der Waals surface area contributed by atoms with Crippen LogP contribution in [0, 0.1) is 17.8 Å². The van der Waals surface area contributed by atoms with Crippen LogP contribution in [0.3, 0.4) is 0 Å². The van der Waals surface area contributed by atoms with E-state index >= 15 is 0 Å². The number of rotatable bonds is 7. The first-order valence-electron chi connectivity index (χ1n) is 11.0. The number of ether oxygens (including phenoxy) is 1. The van der Waals surface area contributed by atoms with Crippen molar-refractivity contribution in [2.24, 2.45) is 17.8 Å². The summed E-state index contributed by atoms with van der Waals surface area (Å²) in [6.45, 7) is 5.62. The average Bonchev–Trinajstić information content (AvgIpc) is 2.67. The molecular weight excluding hydrogens is 304 g/mol. The Labute approximate surface area is 155 Å². The van der Waals surface area contributed by atoms with E-state index in [2.05, 4.69) is 38.1 Å². The van der Waals surface area contributed by atoms with E-state index < -0.39 is 0 Å². The highest BCUT2D eigenvalue weighted by Gasteiger charge is 2.21. The van der Waals surface area contributed by atoms with Gasteiger partial charge in [-0.25, -0.2) is 0 Å². The van der Waals surface area contributed by atoms with Gasteiger partial charge in [0, 0.05) is 0 Å². The summed E-state index contributed by atoms with van der Waals surface area (Å²) in [5, 5.41) is 0. The van der Waals surface area contributed by atoms with Crippen molar-refractivity contribution in [1.82, 2.24) is 0 Å². The fourth-order valence-electron chi connectivity index (χ4n) is 4.92. The lowest BCUT2D eigenvalue weighted by Crippen LogP contribution is -2.13. The molecule has 1 aromatic rings. The summed E-state index contributed by atoms with van der Waals surface area (Å²) >= 11 is 0. The van der Waals surface area contributed by atoms with Crippen molar-refractivity contribution in [2.75, 3.05) is 6.61 Å². The van der Waals surface area contributed by atoms with Gasteiger partial charge in [-0.1, -0.05) is 58.1 Å². The molecule has 0 aliphatic heterocycles. The van der Waals surface area contributed by atoms with Gasteiger partial charge in [0.15, 0.2) is 0 Å². The van der Waals surface area contributed by atoms with Crippen LogP contribution in [-0.2, 0) is 0 Å². The summed E-state index contributed by atoms with van der Waals surface area (Å²) in [4.78, 5) is 0. The third-order valence-electron chi connectivity index (χ3n) is 6.94. The lowest BCUT2D eigenvalue weighted by molar-refractivity contribution is 0.245. The van der Waals surface area contributed by atoms with E-state index in [0.29, 0.717) is 0 Å². The third kappa shape index (κ3) is 5.76. The molecule has 140 valence electrons. The molecule has 0 bridgehead atoms. The Morgan fingerprint density at radius 3 is 2.12 bits per heavy atom. The van der Waals surface area contributed by atoms with E-state index in [1.807, 2.05) is 0 Å². The van der Waals surface area contributed by atoms with Gasteiger partial charge in [-0.2, -0.15) is 0 Å². The predicted molar refractivity (Wildman–Crippen MR) is 107 cm³/mol. The van der Waals surface area contributed by atoms with Crippen LogP contribution in [0.4, 0.5) is 0 Å². The molecule has 25 heavy (non-hydrogen) atoms. The maximum absolute atomic E-state index is 5.99. The summed E-state index contributed by atoms with van der Waals surface area (Å²) in [5.41, 5.74) is 1.53. The third-order valence-corrected chi connectivity index (χ3v) is 6.94. The van der Waals surface area contributed by atoms with Crippen LogP contribution >= 0.6 is 0 Å². The molecule has 0 atom stereocenters. The first-order chi connectivity index (χ1) is 12.2. The minimum Gasteiger partial charge on any atom is -0.494 e. The van der Waals surface area contributed by atoms with Gasteiger partial charge < -0.3 is 4.74 Å². The van der Waals surface area contributed by atoms with Crippen molar-refractivity contribution in [2.45, 2.75) is 90.4 Å². The summed E-state index contributed by atoms with van der Waals surface area (Å²) in [6, 6.07) is 9.02. The number of benzene rings is 1. The standard InChI is InChI=1S/C24H38O/c1-3-20-10-12-22(13-11-20)23-14-16-24(17-15-23)25-18-4-5-21-8-6-19(2)7-9-21/h14-17,19-22H,3-13,18H2,1-2H3/t19-,20-,21-,22-. The van der Waals surface area contributed by atoms with Crippen molar-refractivity contribution < 1.29 is 4.74 Å². The molecule has 0 radical (unpaired) electrons. The number of hydrogen-bond acceptors (Lipinski definition) is 1. The quantitative estimate of drug-likeness (QED) is 0.470. The number of hydrogen-bond donors (Lipinski definition) is 0. The van der Waals surface area contributed by atoms with Gasteiger partial charge in [-0.3, -0.25) is 0 Å². The molecule has 0 spiro atoms. The molecule has 3 rings (SSSR count). The van der Waals surface area contributed by atoms with Crippen LogP contribution in [0.1, 0.15) is 96.0 Å². The van der Waals surface area contributed by atoms with E-state index in [0.717, 1.165) is 36.0 Å². The van der Waals surface area contributed by atoms with Gasteiger partial charge in [-0.05, 0) is 79.9 Å². The highest BCUT2D eigenvalue weighted by atomic mass is 16.5. The monoisotopic (exact) mass is 342 g/mol. The highest BCUT2D eigenvalue weighted by Crippen LogP contribution is 2.37. The largest absolute Gasteiger partial charge is 0.494 e. The molecule has 2 saturated carbocycles. The van der Waals surface area contributed by atoms with Crippen molar-refractivity contribution in [3.8, 4) is 5.75 Å². The Kier molecular flexibility index (Phi) is 7.25. The molecular formula is C24H38O. The van der Waals surface area contributed by atoms with Gasteiger partial charge in [0.05, 0.1) is 6.61 Å². The second-order valence-corrected chi connectivity index (χ2v) is 8.81. The zero-order valence-corrected chi connectivity index (χ0v) is 16.5. The molecule has 1 nitrogen and oxygen atoms in total. The molecule has 2 fully saturated rings. The Balaban J connectivity index is 1.35. The van der Waals surface area contributed by atoms with Gasteiger partial charge in [0.2, 0.25) is 0 Å². The van der Waals surface area contributed by atoms with Crippen LogP contribution in [0.2, 0.25) is 0 Å². The van der Waals surface area contributed by atoms with Crippen molar-refractivity contribution in [3.63, 3.8) is 0 Å². The molecule has 2 aliphatic rings. The van der Waals surface area contributed by atoms with Crippen molar-refractivity contribution >= 4 is 0 Å².